The predicted octanol–water partition coefficient (Wildman–Crippen LogP) is 4.55. The molecule has 31 heavy (non-hydrogen) atoms. The first-order valence-corrected chi connectivity index (χ1v) is 12.3. The molecule has 0 N–H and O–H groups in total. The van der Waals surface area contributed by atoms with Crippen LogP contribution in [0.2, 0.25) is 0 Å². The molecular weight excluding hydrogens is 430 g/mol. The summed E-state index contributed by atoms with van der Waals surface area (Å²) < 4.78 is 25.9. The molecule has 0 unspecified atom stereocenters. The van der Waals surface area contributed by atoms with Crippen LogP contribution in [0.4, 0.5) is 5.69 Å². The van der Waals surface area contributed by atoms with Crippen molar-refractivity contribution < 1.29 is 8.42 Å². The molecule has 1 aromatic heterocycles. The monoisotopic (exact) mass is 457 g/mol. The Kier molecular flexibility index (Phi) is 6.51. The minimum absolute atomic E-state index is 0. The molecule has 5 nitrogen and oxygen atoms in total. The number of hydrogen-bond acceptors (Lipinski definition) is 5. The second kappa shape index (κ2) is 9.15. The Labute approximate surface area is 190 Å². The summed E-state index contributed by atoms with van der Waals surface area (Å²) in [5.74, 6) is 0. The highest BCUT2D eigenvalue weighted by Crippen LogP contribution is 2.30. The van der Waals surface area contributed by atoms with Crippen molar-refractivity contribution in [1.82, 2.24) is 9.88 Å². The largest absolute Gasteiger partial charge is 0.367 e. The number of aromatic nitrogens is 1. The van der Waals surface area contributed by atoms with E-state index in [4.69, 9.17) is 0 Å². The average Bonchev–Trinajstić information content (AvgIpc) is 3.34. The third kappa shape index (κ3) is 4.29. The number of benzene rings is 2. The van der Waals surface area contributed by atoms with Gasteiger partial charge in [-0.2, -0.15) is 0 Å². The van der Waals surface area contributed by atoms with Gasteiger partial charge in [-0.05, 0) is 37.1 Å². The van der Waals surface area contributed by atoms with Crippen LogP contribution < -0.4 is 4.90 Å². The van der Waals surface area contributed by atoms with Crippen molar-refractivity contribution in [1.29, 1.82) is 0 Å². The van der Waals surface area contributed by atoms with Crippen LogP contribution in [0, 0.1) is 0 Å². The van der Waals surface area contributed by atoms with Gasteiger partial charge in [0, 0.05) is 43.8 Å². The first-order valence-electron chi connectivity index (χ1n) is 10.8. The number of nitrogens with zero attached hydrogens (tertiary/aromatic N) is 3. The van der Waals surface area contributed by atoms with E-state index in [1.54, 1.807) is 30.3 Å². The van der Waals surface area contributed by atoms with Gasteiger partial charge in [0.25, 0.3) is 0 Å². The zero-order chi connectivity index (χ0) is 20.6. The van der Waals surface area contributed by atoms with Gasteiger partial charge in [0.1, 0.15) is 0 Å². The molecule has 0 atom stereocenters. The van der Waals surface area contributed by atoms with E-state index in [1.807, 2.05) is 18.2 Å². The fourth-order valence-electron chi connectivity index (χ4n) is 4.86. The van der Waals surface area contributed by atoms with E-state index in [2.05, 4.69) is 20.9 Å². The van der Waals surface area contributed by atoms with Crippen LogP contribution in [-0.2, 0) is 9.84 Å². The molecule has 1 aliphatic heterocycles. The second-order valence-electron chi connectivity index (χ2n) is 8.30. The smallest absolute Gasteiger partial charge is 0.208 e. The topological polar surface area (TPSA) is 53.5 Å². The van der Waals surface area contributed by atoms with Crippen LogP contribution in [-0.4, -0.2) is 50.5 Å². The van der Waals surface area contributed by atoms with Crippen molar-refractivity contribution in [3.05, 3.63) is 60.8 Å². The maximum atomic E-state index is 13.0. The van der Waals surface area contributed by atoms with Gasteiger partial charge in [-0.3, -0.25) is 9.88 Å². The maximum Gasteiger partial charge on any atom is 0.208 e. The third-order valence-corrected chi connectivity index (χ3v) is 8.26. The quantitative estimate of drug-likeness (QED) is 0.575. The fourth-order valence-corrected chi connectivity index (χ4v) is 6.12. The van der Waals surface area contributed by atoms with E-state index in [-0.39, 0.29) is 17.3 Å². The molecule has 5 rings (SSSR count). The van der Waals surface area contributed by atoms with Gasteiger partial charge in [-0.25, -0.2) is 8.42 Å². The number of hydrogen-bond donors (Lipinski definition) is 0. The summed E-state index contributed by atoms with van der Waals surface area (Å²) in [6.45, 7) is 4.14. The Morgan fingerprint density at radius 2 is 1.55 bits per heavy atom. The minimum atomic E-state index is -3.57. The first-order chi connectivity index (χ1) is 14.6. The second-order valence-corrected chi connectivity index (χ2v) is 10.2. The molecule has 2 fully saturated rings. The van der Waals surface area contributed by atoms with Crippen LogP contribution >= 0.6 is 12.4 Å². The minimum Gasteiger partial charge on any atom is -0.367 e. The number of rotatable bonds is 4. The predicted molar refractivity (Wildman–Crippen MR) is 127 cm³/mol. The highest BCUT2D eigenvalue weighted by Gasteiger charge is 2.27. The van der Waals surface area contributed by atoms with E-state index in [9.17, 15) is 8.42 Å². The molecule has 0 bridgehead atoms. The van der Waals surface area contributed by atoms with Crippen LogP contribution in [0.1, 0.15) is 25.7 Å². The molecule has 0 spiro atoms. The van der Waals surface area contributed by atoms with Gasteiger partial charge < -0.3 is 4.90 Å². The first kappa shape index (κ1) is 22.1. The van der Waals surface area contributed by atoms with Crippen LogP contribution in [0.15, 0.2) is 70.6 Å². The SMILES string of the molecule is Cl.O=S(=O)(c1ccccc1)c1cnc2c(N3CCN(C4CCCC4)CC3)cccc2c1. The van der Waals surface area contributed by atoms with Crippen molar-refractivity contribution in [2.45, 2.75) is 41.5 Å². The molecule has 0 radical (unpaired) electrons. The Bertz CT molecular complexity index is 1140. The number of para-hydroxylation sites is 1. The summed E-state index contributed by atoms with van der Waals surface area (Å²) in [5, 5.41) is 0.864. The lowest BCUT2D eigenvalue weighted by atomic mass is 10.1. The highest BCUT2D eigenvalue weighted by atomic mass is 35.5. The lowest BCUT2D eigenvalue weighted by molar-refractivity contribution is 0.187. The lowest BCUT2D eigenvalue weighted by Crippen LogP contribution is -2.49. The third-order valence-electron chi connectivity index (χ3n) is 6.52. The lowest BCUT2D eigenvalue weighted by Gasteiger charge is -2.39. The molecule has 1 aliphatic carbocycles. The number of fused-ring (bicyclic) bond motifs is 1. The van der Waals surface area contributed by atoms with Gasteiger partial charge in [0.2, 0.25) is 9.84 Å². The molecule has 0 amide bonds. The fraction of sp³-hybridized carbons (Fsp3) is 0.375. The van der Waals surface area contributed by atoms with Crippen LogP contribution in [0.3, 0.4) is 0 Å². The van der Waals surface area contributed by atoms with Gasteiger partial charge >= 0.3 is 0 Å². The van der Waals surface area contributed by atoms with Crippen molar-refractivity contribution >= 4 is 38.8 Å². The number of piperazine rings is 1. The van der Waals surface area contributed by atoms with E-state index < -0.39 is 9.84 Å². The van der Waals surface area contributed by atoms with E-state index in [0.29, 0.717) is 4.90 Å². The Morgan fingerprint density at radius 3 is 2.26 bits per heavy atom. The number of halogens is 1. The van der Waals surface area contributed by atoms with Gasteiger partial charge in [-0.15, -0.1) is 12.4 Å². The molecule has 7 heteroatoms. The van der Waals surface area contributed by atoms with E-state index in [0.717, 1.165) is 48.8 Å². The zero-order valence-corrected chi connectivity index (χ0v) is 19.1. The van der Waals surface area contributed by atoms with E-state index in [1.165, 1.54) is 31.9 Å². The number of anilines is 1. The standard InChI is InChI=1S/C24H27N3O2S.ClH/c28-30(29,21-10-2-1-3-11-21)22-17-19-7-6-12-23(24(19)25-18-22)27-15-13-26(14-16-27)20-8-4-5-9-20;/h1-3,6-7,10-12,17-18,20H,4-5,8-9,13-16H2;1H. The van der Waals surface area contributed by atoms with Gasteiger partial charge in [0.15, 0.2) is 0 Å². The van der Waals surface area contributed by atoms with Crippen molar-refractivity contribution in [3.63, 3.8) is 0 Å². The van der Waals surface area contributed by atoms with Crippen LogP contribution in [0.5, 0.6) is 0 Å². The molecule has 1 saturated carbocycles. The molecular formula is C24H28ClN3O2S. The summed E-state index contributed by atoms with van der Waals surface area (Å²) in [6, 6.07) is 17.1. The Balaban J connectivity index is 0.00000231. The Morgan fingerprint density at radius 1 is 0.839 bits per heavy atom. The highest BCUT2D eigenvalue weighted by molar-refractivity contribution is 7.91. The number of pyridine rings is 1. The zero-order valence-electron chi connectivity index (χ0n) is 17.5. The van der Waals surface area contributed by atoms with Gasteiger partial charge in [0.05, 0.1) is 21.0 Å². The summed E-state index contributed by atoms with van der Waals surface area (Å²) in [4.78, 5) is 10.2. The molecule has 2 aliphatic rings. The number of sulfone groups is 1. The Hall–Kier alpha value is -2.15. The maximum absolute atomic E-state index is 13.0. The summed E-state index contributed by atoms with van der Waals surface area (Å²) >= 11 is 0. The van der Waals surface area contributed by atoms with E-state index >= 15 is 0 Å². The van der Waals surface area contributed by atoms with Gasteiger partial charge in [-0.1, -0.05) is 43.2 Å². The molecule has 3 aromatic rings. The summed E-state index contributed by atoms with van der Waals surface area (Å²) in [5.41, 5.74) is 1.97. The average molecular weight is 458 g/mol. The summed E-state index contributed by atoms with van der Waals surface area (Å²) in [6.07, 6.45) is 6.92. The molecule has 2 aromatic carbocycles. The van der Waals surface area contributed by atoms with Crippen molar-refractivity contribution in [2.75, 3.05) is 31.1 Å². The van der Waals surface area contributed by atoms with Crippen LogP contribution in [0.25, 0.3) is 10.9 Å². The van der Waals surface area contributed by atoms with Crippen molar-refractivity contribution in [3.8, 4) is 0 Å². The molecule has 2 heterocycles. The normalized spacial score (nSPS) is 18.3. The summed E-state index contributed by atoms with van der Waals surface area (Å²) in [7, 11) is -3.57. The molecule has 164 valence electrons. The van der Waals surface area contributed by atoms with Crippen molar-refractivity contribution in [2.24, 2.45) is 0 Å². The molecule has 1 saturated heterocycles.